The van der Waals surface area contributed by atoms with Crippen LogP contribution >= 0.6 is 11.6 Å². The van der Waals surface area contributed by atoms with E-state index in [1.165, 1.54) is 0 Å². The van der Waals surface area contributed by atoms with Crippen molar-refractivity contribution in [3.8, 4) is 0 Å². The minimum atomic E-state index is -0.363. The molecule has 0 aliphatic carbocycles. The standard InChI is InChI=1S/C15H17ClN4O2/c1-5-12-11(6-8(2)16)7-13(19-12)15(21)17-9(3)14-18-10(4)22-20-14/h5-7,9,19H,2H2,1,3-4H3,(H,17,21). The highest BCUT2D eigenvalue weighted by Gasteiger charge is 2.16. The van der Waals surface area contributed by atoms with Gasteiger partial charge in [-0.3, -0.25) is 4.79 Å². The second-order valence-corrected chi connectivity index (χ2v) is 5.28. The van der Waals surface area contributed by atoms with E-state index < -0.39 is 0 Å². The fourth-order valence-corrected chi connectivity index (χ4v) is 2.08. The van der Waals surface area contributed by atoms with Crippen LogP contribution in [0.1, 0.15) is 42.1 Å². The van der Waals surface area contributed by atoms with E-state index in [-0.39, 0.29) is 11.9 Å². The molecule has 1 unspecified atom stereocenters. The maximum Gasteiger partial charge on any atom is 0.268 e. The molecule has 0 saturated carbocycles. The molecular formula is C15H17ClN4O2. The summed E-state index contributed by atoms with van der Waals surface area (Å²) in [5.74, 6) is 0.620. The summed E-state index contributed by atoms with van der Waals surface area (Å²) < 4.78 is 4.90. The Morgan fingerprint density at radius 2 is 2.32 bits per heavy atom. The first-order chi connectivity index (χ1) is 10.4. The Morgan fingerprint density at radius 1 is 1.59 bits per heavy atom. The highest BCUT2D eigenvalue weighted by atomic mass is 35.5. The summed E-state index contributed by atoms with van der Waals surface area (Å²) in [5.41, 5.74) is 0.421. The van der Waals surface area contributed by atoms with Gasteiger partial charge in [0.05, 0.1) is 6.04 Å². The molecule has 0 aliphatic heterocycles. The van der Waals surface area contributed by atoms with Gasteiger partial charge in [0.2, 0.25) is 5.89 Å². The van der Waals surface area contributed by atoms with Crippen LogP contribution in [0.3, 0.4) is 0 Å². The molecule has 0 aromatic carbocycles. The molecule has 0 fully saturated rings. The SMILES string of the molecule is C=C(Cl)C=c1cc(C(=O)NC(C)c2noc(C)n2)[nH]c1=CC. The van der Waals surface area contributed by atoms with Crippen molar-refractivity contribution in [3.63, 3.8) is 0 Å². The van der Waals surface area contributed by atoms with Gasteiger partial charge in [-0.15, -0.1) is 0 Å². The molecule has 7 heteroatoms. The van der Waals surface area contributed by atoms with Gasteiger partial charge in [-0.1, -0.05) is 29.4 Å². The van der Waals surface area contributed by atoms with Crippen LogP contribution in [0.5, 0.6) is 0 Å². The molecule has 2 aromatic rings. The monoisotopic (exact) mass is 320 g/mol. The molecule has 22 heavy (non-hydrogen) atoms. The summed E-state index contributed by atoms with van der Waals surface area (Å²) in [4.78, 5) is 19.4. The zero-order valence-electron chi connectivity index (χ0n) is 12.6. The van der Waals surface area contributed by atoms with E-state index >= 15 is 0 Å². The van der Waals surface area contributed by atoms with Gasteiger partial charge in [0.1, 0.15) is 5.69 Å². The van der Waals surface area contributed by atoms with Gasteiger partial charge in [0.25, 0.3) is 5.91 Å². The second kappa shape index (κ2) is 6.62. The highest BCUT2D eigenvalue weighted by Crippen LogP contribution is 2.08. The van der Waals surface area contributed by atoms with Gasteiger partial charge >= 0.3 is 0 Å². The lowest BCUT2D eigenvalue weighted by Crippen LogP contribution is -2.28. The normalized spacial score (nSPS) is 14.2. The van der Waals surface area contributed by atoms with Crippen LogP contribution in [0, 0.1) is 6.92 Å². The third kappa shape index (κ3) is 3.65. The van der Waals surface area contributed by atoms with E-state index in [0.29, 0.717) is 22.4 Å². The number of carbonyl (C=O) groups excluding carboxylic acids is 1. The molecular weight excluding hydrogens is 304 g/mol. The molecule has 1 atom stereocenters. The van der Waals surface area contributed by atoms with Crippen molar-refractivity contribution in [2.24, 2.45) is 0 Å². The van der Waals surface area contributed by atoms with E-state index in [9.17, 15) is 4.79 Å². The molecule has 0 aliphatic rings. The van der Waals surface area contributed by atoms with Gasteiger partial charge in [-0.2, -0.15) is 4.98 Å². The van der Waals surface area contributed by atoms with Crippen LogP contribution in [-0.4, -0.2) is 21.0 Å². The van der Waals surface area contributed by atoms with Crippen molar-refractivity contribution >= 4 is 29.7 Å². The number of aromatic nitrogens is 3. The van der Waals surface area contributed by atoms with Crippen molar-refractivity contribution < 1.29 is 9.32 Å². The van der Waals surface area contributed by atoms with Crippen LogP contribution in [0.15, 0.2) is 22.2 Å². The lowest BCUT2D eigenvalue weighted by Gasteiger charge is -2.08. The van der Waals surface area contributed by atoms with Crippen LogP contribution in [0.25, 0.3) is 12.2 Å². The van der Waals surface area contributed by atoms with E-state index in [4.69, 9.17) is 16.1 Å². The number of carbonyl (C=O) groups is 1. The number of aryl methyl sites for hydroxylation is 1. The minimum Gasteiger partial charge on any atom is -0.351 e. The third-order valence-corrected chi connectivity index (χ3v) is 3.11. The second-order valence-electron chi connectivity index (χ2n) is 4.80. The number of nitrogens with zero attached hydrogens (tertiary/aromatic N) is 2. The summed E-state index contributed by atoms with van der Waals surface area (Å²) in [5, 5.41) is 8.59. The summed E-state index contributed by atoms with van der Waals surface area (Å²) in [6.45, 7) is 8.97. The van der Waals surface area contributed by atoms with Crippen molar-refractivity contribution in [1.82, 2.24) is 20.4 Å². The fourth-order valence-electron chi connectivity index (χ4n) is 1.97. The summed E-state index contributed by atoms with van der Waals surface area (Å²) in [6, 6.07) is 1.35. The number of rotatable bonds is 4. The Bertz CT molecular complexity index is 819. The van der Waals surface area contributed by atoms with E-state index in [1.54, 1.807) is 26.0 Å². The Labute approximate surface area is 132 Å². The Balaban J connectivity index is 2.23. The van der Waals surface area contributed by atoms with Gasteiger partial charge in [-0.25, -0.2) is 0 Å². The lowest BCUT2D eigenvalue weighted by atomic mass is 10.3. The quantitative estimate of drug-likeness (QED) is 0.895. The number of H-pyrrole nitrogens is 1. The molecule has 0 radical (unpaired) electrons. The van der Waals surface area contributed by atoms with Crippen LogP contribution in [0.4, 0.5) is 0 Å². The number of aromatic amines is 1. The zero-order valence-corrected chi connectivity index (χ0v) is 13.4. The summed E-state index contributed by atoms with van der Waals surface area (Å²) >= 11 is 5.79. The van der Waals surface area contributed by atoms with Crippen LogP contribution in [-0.2, 0) is 0 Å². The van der Waals surface area contributed by atoms with E-state index in [2.05, 4.69) is 27.0 Å². The van der Waals surface area contributed by atoms with Crippen molar-refractivity contribution in [3.05, 3.63) is 45.7 Å². The first-order valence-electron chi connectivity index (χ1n) is 6.73. The van der Waals surface area contributed by atoms with Gasteiger partial charge in [-0.05, 0) is 26.0 Å². The Morgan fingerprint density at radius 3 is 2.86 bits per heavy atom. The average molecular weight is 321 g/mol. The highest BCUT2D eigenvalue weighted by molar-refractivity contribution is 6.33. The predicted octanol–water partition coefficient (Wildman–Crippen LogP) is 1.53. The maximum atomic E-state index is 12.3. The zero-order chi connectivity index (χ0) is 16.3. The fraction of sp³-hybridized carbons (Fsp3) is 0.267. The van der Waals surface area contributed by atoms with Gasteiger partial charge in [0, 0.05) is 22.5 Å². The maximum absolute atomic E-state index is 12.3. The minimum absolute atomic E-state index is 0.266. The molecule has 0 saturated heterocycles. The number of amides is 1. The topological polar surface area (TPSA) is 83.8 Å². The number of hydrogen-bond donors (Lipinski definition) is 2. The van der Waals surface area contributed by atoms with E-state index in [1.807, 2.05) is 13.0 Å². The van der Waals surface area contributed by atoms with Crippen molar-refractivity contribution in [1.29, 1.82) is 0 Å². The van der Waals surface area contributed by atoms with Crippen LogP contribution in [0.2, 0.25) is 0 Å². The number of hydrogen-bond acceptors (Lipinski definition) is 4. The summed E-state index contributed by atoms with van der Waals surface area (Å²) in [7, 11) is 0. The van der Waals surface area contributed by atoms with Crippen molar-refractivity contribution in [2.45, 2.75) is 26.8 Å². The molecule has 0 spiro atoms. The average Bonchev–Trinajstić information content (AvgIpc) is 3.04. The van der Waals surface area contributed by atoms with Gasteiger partial charge < -0.3 is 14.8 Å². The molecule has 2 rings (SSSR count). The third-order valence-electron chi connectivity index (χ3n) is 3.00. The van der Waals surface area contributed by atoms with E-state index in [0.717, 1.165) is 10.6 Å². The van der Waals surface area contributed by atoms with Gasteiger partial charge in [0.15, 0.2) is 5.82 Å². The first-order valence-corrected chi connectivity index (χ1v) is 7.11. The van der Waals surface area contributed by atoms with Crippen LogP contribution < -0.4 is 15.9 Å². The lowest BCUT2D eigenvalue weighted by molar-refractivity contribution is 0.0933. The number of allylic oxidation sites excluding steroid dienone is 1. The molecule has 6 nitrogen and oxygen atoms in total. The number of nitrogens with one attached hydrogen (secondary N) is 2. The molecule has 2 heterocycles. The smallest absolute Gasteiger partial charge is 0.268 e. The molecule has 1 amide bonds. The molecule has 2 aromatic heterocycles. The van der Waals surface area contributed by atoms with Crippen molar-refractivity contribution in [2.75, 3.05) is 0 Å². The number of halogens is 1. The Kier molecular flexibility index (Phi) is 4.82. The molecule has 2 N–H and O–H groups in total. The first kappa shape index (κ1) is 16.0. The molecule has 116 valence electrons. The summed E-state index contributed by atoms with van der Waals surface area (Å²) in [6.07, 6.45) is 3.55. The molecule has 0 bridgehead atoms. The Hall–Kier alpha value is -2.34. The predicted molar refractivity (Wildman–Crippen MR) is 84.6 cm³/mol. The largest absolute Gasteiger partial charge is 0.351 e.